The lowest BCUT2D eigenvalue weighted by Crippen LogP contribution is -2.41. The predicted octanol–water partition coefficient (Wildman–Crippen LogP) is 1.41. The second-order valence-electron chi connectivity index (χ2n) is 5.12. The standard InChI is InChI=1S/C14H19N3O4/c1-9-7-11(16-13(15-9)14(20)21-2)17-6-4-3-5-10(17)8-12(18)19/h7,10H,3-6,8H2,1-2H3,(H,18,19). The zero-order valence-corrected chi connectivity index (χ0v) is 12.2. The summed E-state index contributed by atoms with van der Waals surface area (Å²) in [5, 5.41) is 9.03. The molecule has 0 saturated carbocycles. The number of carbonyl (C=O) groups is 2. The van der Waals surface area contributed by atoms with Crippen molar-refractivity contribution in [1.82, 2.24) is 9.97 Å². The van der Waals surface area contributed by atoms with Crippen molar-refractivity contribution in [2.75, 3.05) is 18.6 Å². The van der Waals surface area contributed by atoms with Crippen molar-refractivity contribution in [3.05, 3.63) is 17.6 Å². The first-order valence-corrected chi connectivity index (χ1v) is 6.93. The van der Waals surface area contributed by atoms with Gasteiger partial charge in [0.15, 0.2) is 0 Å². The highest BCUT2D eigenvalue weighted by molar-refractivity contribution is 5.85. The molecule has 0 spiro atoms. The van der Waals surface area contributed by atoms with Crippen molar-refractivity contribution < 1.29 is 19.4 Å². The summed E-state index contributed by atoms with van der Waals surface area (Å²) in [7, 11) is 1.28. The minimum Gasteiger partial charge on any atom is -0.481 e. The second kappa shape index (κ2) is 6.51. The number of aliphatic carboxylic acids is 1. The number of hydrogen-bond donors (Lipinski definition) is 1. The Kier molecular flexibility index (Phi) is 4.72. The Morgan fingerprint density at radius 3 is 2.86 bits per heavy atom. The number of ether oxygens (including phenoxy) is 1. The first kappa shape index (κ1) is 15.2. The van der Waals surface area contributed by atoms with Crippen LogP contribution in [0.25, 0.3) is 0 Å². The number of carboxylic acids is 1. The van der Waals surface area contributed by atoms with Gasteiger partial charge in [-0.15, -0.1) is 0 Å². The zero-order valence-electron chi connectivity index (χ0n) is 12.2. The molecule has 1 fully saturated rings. The van der Waals surface area contributed by atoms with Gasteiger partial charge in [0, 0.05) is 24.3 Å². The maximum atomic E-state index is 11.6. The zero-order chi connectivity index (χ0) is 15.4. The Bertz CT molecular complexity index is 547. The highest BCUT2D eigenvalue weighted by atomic mass is 16.5. The third kappa shape index (κ3) is 3.68. The molecule has 21 heavy (non-hydrogen) atoms. The van der Waals surface area contributed by atoms with Crippen LogP contribution < -0.4 is 4.90 Å². The lowest BCUT2D eigenvalue weighted by molar-refractivity contribution is -0.137. The number of aromatic nitrogens is 2. The van der Waals surface area contributed by atoms with Gasteiger partial charge in [-0.05, 0) is 26.2 Å². The Morgan fingerprint density at radius 1 is 1.43 bits per heavy atom. The first-order valence-electron chi connectivity index (χ1n) is 6.93. The van der Waals surface area contributed by atoms with Crippen molar-refractivity contribution in [3.8, 4) is 0 Å². The third-order valence-corrected chi connectivity index (χ3v) is 3.54. The van der Waals surface area contributed by atoms with Crippen LogP contribution in [-0.2, 0) is 9.53 Å². The number of aryl methyl sites for hydroxylation is 1. The number of methoxy groups -OCH3 is 1. The number of carboxylic acid groups (broad SMARTS) is 1. The molecule has 1 aliphatic rings. The van der Waals surface area contributed by atoms with Gasteiger partial charge in [-0.3, -0.25) is 4.79 Å². The molecule has 7 nitrogen and oxygen atoms in total. The summed E-state index contributed by atoms with van der Waals surface area (Å²) in [6, 6.07) is 1.67. The summed E-state index contributed by atoms with van der Waals surface area (Å²) in [5.41, 5.74) is 0.653. The van der Waals surface area contributed by atoms with E-state index < -0.39 is 11.9 Å². The van der Waals surface area contributed by atoms with Crippen molar-refractivity contribution in [1.29, 1.82) is 0 Å². The Morgan fingerprint density at radius 2 is 2.19 bits per heavy atom. The molecule has 0 radical (unpaired) electrons. The smallest absolute Gasteiger partial charge is 0.376 e. The number of hydrogen-bond acceptors (Lipinski definition) is 6. The molecule has 1 N–H and O–H groups in total. The fourth-order valence-corrected chi connectivity index (χ4v) is 2.60. The maximum absolute atomic E-state index is 11.6. The van der Waals surface area contributed by atoms with Crippen molar-refractivity contribution in [2.24, 2.45) is 0 Å². The molecule has 1 atom stereocenters. The minimum absolute atomic E-state index is 0.00662. The quantitative estimate of drug-likeness (QED) is 0.839. The molecule has 0 bridgehead atoms. The first-order chi connectivity index (χ1) is 10.0. The van der Waals surface area contributed by atoms with Crippen molar-refractivity contribution in [2.45, 2.75) is 38.6 Å². The number of anilines is 1. The number of nitrogens with zero attached hydrogens (tertiary/aromatic N) is 3. The third-order valence-electron chi connectivity index (χ3n) is 3.54. The number of piperidine rings is 1. The molecule has 0 aliphatic carbocycles. The lowest BCUT2D eigenvalue weighted by Gasteiger charge is -2.36. The fourth-order valence-electron chi connectivity index (χ4n) is 2.60. The van der Waals surface area contributed by atoms with Gasteiger partial charge in [0.2, 0.25) is 5.82 Å². The highest BCUT2D eigenvalue weighted by Crippen LogP contribution is 2.25. The molecule has 1 aliphatic heterocycles. The fraction of sp³-hybridized carbons (Fsp3) is 0.571. The lowest BCUT2D eigenvalue weighted by atomic mass is 9.99. The number of rotatable bonds is 4. The van der Waals surface area contributed by atoms with Crippen LogP contribution in [0, 0.1) is 6.92 Å². The topological polar surface area (TPSA) is 92.6 Å². The van der Waals surface area contributed by atoms with Crippen LogP contribution in [0.2, 0.25) is 0 Å². The molecule has 0 aromatic carbocycles. The average Bonchev–Trinajstić information content (AvgIpc) is 2.45. The minimum atomic E-state index is -0.828. The van der Waals surface area contributed by atoms with E-state index in [-0.39, 0.29) is 18.3 Å². The monoisotopic (exact) mass is 293 g/mol. The van der Waals surface area contributed by atoms with Gasteiger partial charge in [-0.2, -0.15) is 0 Å². The molecule has 1 aromatic rings. The summed E-state index contributed by atoms with van der Waals surface area (Å²) in [6.07, 6.45) is 2.86. The average molecular weight is 293 g/mol. The Hall–Kier alpha value is -2.18. The molecule has 2 rings (SSSR count). The Labute approximate surface area is 123 Å². The van der Waals surface area contributed by atoms with Gasteiger partial charge in [-0.25, -0.2) is 14.8 Å². The van der Waals surface area contributed by atoms with Crippen LogP contribution in [0.3, 0.4) is 0 Å². The van der Waals surface area contributed by atoms with Crippen LogP contribution in [-0.4, -0.2) is 46.7 Å². The van der Waals surface area contributed by atoms with E-state index in [1.807, 2.05) is 4.90 Å². The summed E-state index contributed by atoms with van der Waals surface area (Å²) < 4.78 is 4.65. The van der Waals surface area contributed by atoms with E-state index >= 15 is 0 Å². The normalized spacial score (nSPS) is 18.4. The predicted molar refractivity (Wildman–Crippen MR) is 75.3 cm³/mol. The van der Waals surface area contributed by atoms with Crippen LogP contribution in [0.4, 0.5) is 5.82 Å². The molecule has 1 saturated heterocycles. The van der Waals surface area contributed by atoms with E-state index in [2.05, 4.69) is 14.7 Å². The molecule has 7 heteroatoms. The molecule has 0 amide bonds. The van der Waals surface area contributed by atoms with E-state index in [0.29, 0.717) is 11.5 Å². The highest BCUT2D eigenvalue weighted by Gasteiger charge is 2.27. The summed E-state index contributed by atoms with van der Waals surface area (Å²) >= 11 is 0. The molecule has 1 aromatic heterocycles. The second-order valence-corrected chi connectivity index (χ2v) is 5.12. The van der Waals surface area contributed by atoms with Gasteiger partial charge in [0.25, 0.3) is 0 Å². The number of carbonyl (C=O) groups excluding carboxylic acids is 1. The molecule has 1 unspecified atom stereocenters. The van der Waals surface area contributed by atoms with Crippen LogP contribution in [0.5, 0.6) is 0 Å². The van der Waals surface area contributed by atoms with E-state index in [4.69, 9.17) is 5.11 Å². The number of esters is 1. The molecular formula is C14H19N3O4. The van der Waals surface area contributed by atoms with E-state index in [0.717, 1.165) is 25.8 Å². The van der Waals surface area contributed by atoms with Crippen molar-refractivity contribution in [3.63, 3.8) is 0 Å². The van der Waals surface area contributed by atoms with Gasteiger partial charge in [0.1, 0.15) is 5.82 Å². The van der Waals surface area contributed by atoms with Crippen LogP contribution in [0.1, 0.15) is 42.0 Å². The van der Waals surface area contributed by atoms with Gasteiger partial charge >= 0.3 is 11.9 Å². The van der Waals surface area contributed by atoms with Crippen molar-refractivity contribution >= 4 is 17.8 Å². The molecular weight excluding hydrogens is 274 g/mol. The Balaban J connectivity index is 2.31. The summed E-state index contributed by atoms with van der Waals surface area (Å²) in [4.78, 5) is 32.8. The van der Waals surface area contributed by atoms with E-state index in [9.17, 15) is 9.59 Å². The largest absolute Gasteiger partial charge is 0.481 e. The summed E-state index contributed by atoms with van der Waals surface area (Å²) in [6.45, 7) is 2.50. The van der Waals surface area contributed by atoms with Crippen LogP contribution >= 0.6 is 0 Å². The van der Waals surface area contributed by atoms with E-state index in [1.165, 1.54) is 7.11 Å². The molecule has 114 valence electrons. The van der Waals surface area contributed by atoms with Crippen LogP contribution in [0.15, 0.2) is 6.07 Å². The van der Waals surface area contributed by atoms with Gasteiger partial charge < -0.3 is 14.7 Å². The van der Waals surface area contributed by atoms with E-state index in [1.54, 1.807) is 13.0 Å². The van der Waals surface area contributed by atoms with Gasteiger partial charge in [-0.1, -0.05) is 0 Å². The maximum Gasteiger partial charge on any atom is 0.376 e. The molecule has 2 heterocycles. The SMILES string of the molecule is COC(=O)c1nc(C)cc(N2CCCCC2CC(=O)O)n1. The van der Waals surface area contributed by atoms with Gasteiger partial charge in [0.05, 0.1) is 13.5 Å². The summed E-state index contributed by atoms with van der Waals surface area (Å²) in [5.74, 6) is -0.821.